The first-order valence-corrected chi connectivity index (χ1v) is 8.74. The fourth-order valence-electron chi connectivity index (χ4n) is 2.72. The molecule has 0 radical (unpaired) electrons. The van der Waals surface area contributed by atoms with E-state index in [9.17, 15) is 14.0 Å². The van der Waals surface area contributed by atoms with Crippen LogP contribution in [0, 0.1) is 5.82 Å². The topological polar surface area (TPSA) is 74.6 Å². The van der Waals surface area contributed by atoms with Crippen LogP contribution in [0.3, 0.4) is 0 Å². The fourth-order valence-corrected chi connectivity index (χ4v) is 2.72. The predicted molar refractivity (Wildman–Crippen MR) is 103 cm³/mol. The van der Waals surface area contributed by atoms with Crippen molar-refractivity contribution in [3.05, 3.63) is 90.1 Å². The van der Waals surface area contributed by atoms with E-state index in [-0.39, 0.29) is 12.2 Å². The third kappa shape index (κ3) is 5.78. The van der Waals surface area contributed by atoms with E-state index < -0.39 is 17.8 Å². The van der Waals surface area contributed by atoms with Gasteiger partial charge in [-0.25, -0.2) is 9.18 Å². The summed E-state index contributed by atoms with van der Waals surface area (Å²) in [6, 6.07) is 18.2. The number of imide groups is 1. The van der Waals surface area contributed by atoms with Crippen molar-refractivity contribution >= 4 is 17.6 Å². The van der Waals surface area contributed by atoms with Crippen LogP contribution in [0.25, 0.3) is 0 Å². The van der Waals surface area contributed by atoms with E-state index in [4.69, 9.17) is 4.42 Å². The molecule has 0 unspecified atom stereocenters. The third-order valence-electron chi connectivity index (χ3n) is 3.95. The van der Waals surface area contributed by atoms with Gasteiger partial charge in [0.1, 0.15) is 11.6 Å². The number of hydrogen-bond donors (Lipinski definition) is 2. The summed E-state index contributed by atoms with van der Waals surface area (Å²) < 4.78 is 19.0. The first kappa shape index (κ1) is 19.3. The number of carbonyl (C=O) groups excluding carboxylic acids is 2. The van der Waals surface area contributed by atoms with Crippen LogP contribution in [0.2, 0.25) is 0 Å². The van der Waals surface area contributed by atoms with Crippen LogP contribution in [-0.2, 0) is 17.9 Å². The molecule has 0 atom stereocenters. The Morgan fingerprint density at radius 3 is 2.39 bits per heavy atom. The number of furan rings is 1. The molecule has 0 aliphatic rings. The molecule has 0 saturated carbocycles. The summed E-state index contributed by atoms with van der Waals surface area (Å²) in [5.41, 5.74) is 1.03. The number of nitrogens with one attached hydrogen (secondary N) is 2. The summed E-state index contributed by atoms with van der Waals surface area (Å²) in [6.07, 6.45) is 1.57. The van der Waals surface area contributed by atoms with Gasteiger partial charge < -0.3 is 9.73 Å². The van der Waals surface area contributed by atoms with Crippen molar-refractivity contribution in [2.45, 2.75) is 13.1 Å². The molecule has 0 spiro atoms. The minimum absolute atomic E-state index is 0.00419. The van der Waals surface area contributed by atoms with E-state index in [0.29, 0.717) is 18.8 Å². The number of anilines is 1. The van der Waals surface area contributed by atoms with E-state index in [1.165, 1.54) is 18.2 Å². The maximum absolute atomic E-state index is 13.6. The average Bonchev–Trinajstić information content (AvgIpc) is 3.17. The molecule has 3 rings (SSSR count). The summed E-state index contributed by atoms with van der Waals surface area (Å²) in [6.45, 7) is 0.883. The normalized spacial score (nSPS) is 10.6. The van der Waals surface area contributed by atoms with Gasteiger partial charge in [0.2, 0.25) is 5.91 Å². The number of nitrogens with zero attached hydrogens (tertiary/aromatic N) is 1. The minimum Gasteiger partial charge on any atom is -0.468 e. The number of benzene rings is 2. The van der Waals surface area contributed by atoms with Crippen LogP contribution in [0.4, 0.5) is 14.9 Å². The molecule has 2 N–H and O–H groups in total. The van der Waals surface area contributed by atoms with Gasteiger partial charge in [0.25, 0.3) is 0 Å². The van der Waals surface area contributed by atoms with E-state index in [1.54, 1.807) is 18.4 Å². The number of rotatable bonds is 7. The Kier molecular flexibility index (Phi) is 6.54. The molecule has 3 aromatic rings. The van der Waals surface area contributed by atoms with Crippen molar-refractivity contribution < 1.29 is 18.4 Å². The van der Waals surface area contributed by atoms with Crippen LogP contribution in [0.15, 0.2) is 77.4 Å². The molecule has 0 saturated heterocycles. The predicted octanol–water partition coefficient (Wildman–Crippen LogP) is 3.77. The van der Waals surface area contributed by atoms with Gasteiger partial charge in [-0.15, -0.1) is 0 Å². The molecule has 3 amide bonds. The SMILES string of the molecule is O=C(CN(Cc1ccccc1)Cc1ccco1)NC(=O)Nc1ccccc1F. The lowest BCUT2D eigenvalue weighted by atomic mass is 10.2. The number of urea groups is 1. The van der Waals surface area contributed by atoms with Crippen molar-refractivity contribution in [2.75, 3.05) is 11.9 Å². The van der Waals surface area contributed by atoms with E-state index in [2.05, 4.69) is 10.6 Å². The number of carbonyl (C=O) groups is 2. The molecule has 0 aliphatic carbocycles. The average molecular weight is 381 g/mol. The van der Waals surface area contributed by atoms with E-state index in [0.717, 1.165) is 5.56 Å². The summed E-state index contributed by atoms with van der Waals surface area (Å²) in [4.78, 5) is 26.2. The van der Waals surface area contributed by atoms with Gasteiger partial charge in [0.05, 0.1) is 25.0 Å². The van der Waals surface area contributed by atoms with Crippen LogP contribution >= 0.6 is 0 Å². The standard InChI is InChI=1S/C21H20FN3O3/c22-18-10-4-5-11-19(18)23-21(27)24-20(26)15-25(14-17-9-6-12-28-17)13-16-7-2-1-3-8-16/h1-12H,13-15H2,(H2,23,24,26,27). The minimum atomic E-state index is -0.784. The molecule has 0 fully saturated rings. The molecular formula is C21H20FN3O3. The van der Waals surface area contributed by atoms with Crippen LogP contribution < -0.4 is 10.6 Å². The van der Waals surface area contributed by atoms with Crippen molar-refractivity contribution in [1.29, 1.82) is 0 Å². The highest BCUT2D eigenvalue weighted by Crippen LogP contribution is 2.12. The molecular weight excluding hydrogens is 361 g/mol. The Morgan fingerprint density at radius 1 is 0.929 bits per heavy atom. The fraction of sp³-hybridized carbons (Fsp3) is 0.143. The maximum atomic E-state index is 13.6. The zero-order valence-corrected chi connectivity index (χ0v) is 15.1. The molecule has 1 heterocycles. The van der Waals surface area contributed by atoms with Gasteiger partial charge in [0, 0.05) is 6.54 Å². The molecule has 6 nitrogen and oxygen atoms in total. The second kappa shape index (κ2) is 9.48. The summed E-state index contributed by atoms with van der Waals surface area (Å²) in [5, 5.41) is 4.55. The van der Waals surface area contributed by atoms with Gasteiger partial charge >= 0.3 is 6.03 Å². The van der Waals surface area contributed by atoms with Gasteiger partial charge in [-0.1, -0.05) is 42.5 Å². The Hall–Kier alpha value is -3.45. The highest BCUT2D eigenvalue weighted by Gasteiger charge is 2.16. The quantitative estimate of drug-likeness (QED) is 0.653. The second-order valence-corrected chi connectivity index (χ2v) is 6.19. The first-order chi connectivity index (χ1) is 13.6. The zero-order valence-electron chi connectivity index (χ0n) is 15.1. The molecule has 1 aromatic heterocycles. The lowest BCUT2D eigenvalue weighted by Crippen LogP contribution is -2.41. The number of halogens is 1. The molecule has 7 heteroatoms. The lowest BCUT2D eigenvalue weighted by Gasteiger charge is -2.20. The van der Waals surface area contributed by atoms with Crippen LogP contribution in [0.5, 0.6) is 0 Å². The van der Waals surface area contributed by atoms with Gasteiger partial charge in [-0.3, -0.25) is 15.0 Å². The Bertz CT molecular complexity index is 914. The van der Waals surface area contributed by atoms with Crippen LogP contribution in [0.1, 0.15) is 11.3 Å². The molecule has 0 aliphatic heterocycles. The van der Waals surface area contributed by atoms with Crippen molar-refractivity contribution in [3.63, 3.8) is 0 Å². The molecule has 144 valence electrons. The van der Waals surface area contributed by atoms with Crippen molar-refractivity contribution in [3.8, 4) is 0 Å². The van der Waals surface area contributed by atoms with E-state index >= 15 is 0 Å². The number of amides is 3. The third-order valence-corrected chi connectivity index (χ3v) is 3.95. The Labute approximate surface area is 162 Å². The van der Waals surface area contributed by atoms with Crippen molar-refractivity contribution in [2.24, 2.45) is 0 Å². The number of para-hydroxylation sites is 1. The van der Waals surface area contributed by atoms with Gasteiger partial charge in [-0.2, -0.15) is 0 Å². The largest absolute Gasteiger partial charge is 0.468 e. The maximum Gasteiger partial charge on any atom is 0.326 e. The summed E-state index contributed by atoms with van der Waals surface area (Å²) in [5.74, 6) is -0.371. The van der Waals surface area contributed by atoms with Gasteiger partial charge in [0.15, 0.2) is 0 Å². The summed E-state index contributed by atoms with van der Waals surface area (Å²) in [7, 11) is 0. The monoisotopic (exact) mass is 381 g/mol. The highest BCUT2D eigenvalue weighted by molar-refractivity contribution is 6.01. The number of hydrogen-bond acceptors (Lipinski definition) is 4. The molecule has 2 aromatic carbocycles. The smallest absolute Gasteiger partial charge is 0.326 e. The van der Waals surface area contributed by atoms with Crippen LogP contribution in [-0.4, -0.2) is 23.4 Å². The van der Waals surface area contributed by atoms with E-state index in [1.807, 2.05) is 41.3 Å². The molecule has 28 heavy (non-hydrogen) atoms. The molecule has 0 bridgehead atoms. The van der Waals surface area contributed by atoms with Gasteiger partial charge in [-0.05, 0) is 29.8 Å². The summed E-state index contributed by atoms with van der Waals surface area (Å²) >= 11 is 0. The zero-order chi connectivity index (χ0) is 19.8. The Morgan fingerprint density at radius 2 is 1.68 bits per heavy atom. The van der Waals surface area contributed by atoms with Crippen molar-refractivity contribution in [1.82, 2.24) is 10.2 Å². The first-order valence-electron chi connectivity index (χ1n) is 8.74. The second-order valence-electron chi connectivity index (χ2n) is 6.19. The highest BCUT2D eigenvalue weighted by atomic mass is 19.1. The Balaban J connectivity index is 1.60. The lowest BCUT2D eigenvalue weighted by molar-refractivity contribution is -0.121.